The number of nitriles is 1. The maximum absolute atomic E-state index is 8.85. The molecule has 0 spiro atoms. The fraction of sp³-hybridized carbons (Fsp3) is 0.235. The summed E-state index contributed by atoms with van der Waals surface area (Å²) < 4.78 is 5.23. The van der Waals surface area contributed by atoms with Gasteiger partial charge in [-0.05, 0) is 42.4 Å². The first-order valence-electron chi connectivity index (χ1n) is 6.62. The van der Waals surface area contributed by atoms with E-state index in [0.717, 1.165) is 24.4 Å². The smallest absolute Gasteiger partial charge is 0.119 e. The largest absolute Gasteiger partial charge is 0.497 e. The van der Waals surface area contributed by atoms with Crippen LogP contribution in [0.3, 0.4) is 0 Å². The third kappa shape index (κ3) is 4.22. The second-order valence-electron chi connectivity index (χ2n) is 4.94. The molecule has 0 heterocycles. The second kappa shape index (κ2) is 7.12. The fourth-order valence-corrected chi connectivity index (χ4v) is 2.41. The maximum atomic E-state index is 8.85. The Labute approximate surface area is 130 Å². The van der Waals surface area contributed by atoms with Gasteiger partial charge in [-0.15, -0.1) is 0 Å². The molecule has 0 saturated carbocycles. The van der Waals surface area contributed by atoms with Crippen molar-refractivity contribution in [1.82, 2.24) is 4.90 Å². The Morgan fingerprint density at radius 2 is 2.00 bits per heavy atom. The topological polar surface area (TPSA) is 36.3 Å². The van der Waals surface area contributed by atoms with Gasteiger partial charge in [0.15, 0.2) is 0 Å². The summed E-state index contributed by atoms with van der Waals surface area (Å²) in [6, 6.07) is 15.5. The summed E-state index contributed by atoms with van der Waals surface area (Å²) in [5.74, 6) is 0.859. The molecule has 0 saturated heterocycles. The van der Waals surface area contributed by atoms with E-state index in [0.29, 0.717) is 10.6 Å². The van der Waals surface area contributed by atoms with Crippen molar-refractivity contribution in [2.45, 2.75) is 13.1 Å². The van der Waals surface area contributed by atoms with Gasteiger partial charge in [-0.3, -0.25) is 4.90 Å². The number of halogens is 1. The summed E-state index contributed by atoms with van der Waals surface area (Å²) in [6.07, 6.45) is 0. The highest BCUT2D eigenvalue weighted by molar-refractivity contribution is 6.31. The van der Waals surface area contributed by atoms with Crippen molar-refractivity contribution in [3.63, 3.8) is 0 Å². The lowest BCUT2D eigenvalue weighted by atomic mass is 10.1. The second-order valence-corrected chi connectivity index (χ2v) is 5.35. The number of rotatable bonds is 5. The SMILES string of the molecule is COc1cccc(CN(C)Cc2ccc(C#N)cc2Cl)c1. The standard InChI is InChI=1S/C17H17ClN2O/c1-20(11-14-4-3-5-16(8-14)21-2)12-15-7-6-13(10-19)9-17(15)18/h3-9H,11-12H2,1-2H3. The van der Waals surface area contributed by atoms with E-state index >= 15 is 0 Å². The van der Waals surface area contributed by atoms with Crippen molar-refractivity contribution < 1.29 is 4.74 Å². The highest BCUT2D eigenvalue weighted by Gasteiger charge is 2.07. The summed E-state index contributed by atoms with van der Waals surface area (Å²) in [4.78, 5) is 2.17. The minimum absolute atomic E-state index is 0.583. The van der Waals surface area contributed by atoms with Crippen molar-refractivity contribution in [2.24, 2.45) is 0 Å². The Morgan fingerprint density at radius 3 is 2.67 bits per heavy atom. The van der Waals surface area contributed by atoms with Gasteiger partial charge in [0.25, 0.3) is 0 Å². The van der Waals surface area contributed by atoms with Crippen LogP contribution in [0.5, 0.6) is 5.75 Å². The average Bonchev–Trinajstić information content (AvgIpc) is 2.49. The average molecular weight is 301 g/mol. The molecular formula is C17H17ClN2O. The molecule has 108 valence electrons. The van der Waals surface area contributed by atoms with Crippen molar-refractivity contribution in [3.8, 4) is 11.8 Å². The third-order valence-corrected chi connectivity index (χ3v) is 3.56. The molecule has 2 aromatic rings. The number of methoxy groups -OCH3 is 1. The normalized spacial score (nSPS) is 10.4. The van der Waals surface area contributed by atoms with E-state index < -0.39 is 0 Å². The molecule has 0 N–H and O–H groups in total. The van der Waals surface area contributed by atoms with E-state index in [-0.39, 0.29) is 0 Å². The summed E-state index contributed by atoms with van der Waals surface area (Å²) in [7, 11) is 3.70. The Morgan fingerprint density at radius 1 is 1.19 bits per heavy atom. The molecule has 0 aliphatic carbocycles. The zero-order valence-corrected chi connectivity index (χ0v) is 12.9. The number of benzene rings is 2. The molecular weight excluding hydrogens is 284 g/mol. The zero-order valence-electron chi connectivity index (χ0n) is 12.1. The molecule has 2 aromatic carbocycles. The highest BCUT2D eigenvalue weighted by Crippen LogP contribution is 2.20. The molecule has 0 aliphatic rings. The number of ether oxygens (including phenoxy) is 1. The van der Waals surface area contributed by atoms with Crippen LogP contribution in [0.25, 0.3) is 0 Å². The van der Waals surface area contributed by atoms with E-state index in [1.54, 1.807) is 19.2 Å². The summed E-state index contributed by atoms with van der Waals surface area (Å²) in [5, 5.41) is 9.48. The lowest BCUT2D eigenvalue weighted by Gasteiger charge is -2.18. The first-order valence-corrected chi connectivity index (χ1v) is 7.00. The van der Waals surface area contributed by atoms with Gasteiger partial charge in [0, 0.05) is 18.1 Å². The van der Waals surface area contributed by atoms with Crippen molar-refractivity contribution >= 4 is 11.6 Å². The monoisotopic (exact) mass is 300 g/mol. The number of nitrogens with zero attached hydrogens (tertiary/aromatic N) is 2. The molecule has 3 nitrogen and oxygen atoms in total. The van der Waals surface area contributed by atoms with Gasteiger partial charge >= 0.3 is 0 Å². The van der Waals surface area contributed by atoms with Gasteiger partial charge in [0.05, 0.1) is 18.7 Å². The van der Waals surface area contributed by atoms with Crippen LogP contribution >= 0.6 is 11.6 Å². The van der Waals surface area contributed by atoms with Crippen LogP contribution in [0.2, 0.25) is 5.02 Å². The molecule has 4 heteroatoms. The van der Waals surface area contributed by atoms with Gasteiger partial charge in [0.1, 0.15) is 5.75 Å². The summed E-state index contributed by atoms with van der Waals surface area (Å²) >= 11 is 6.21. The Hall–Kier alpha value is -2.02. The van der Waals surface area contributed by atoms with E-state index in [4.69, 9.17) is 21.6 Å². The van der Waals surface area contributed by atoms with Crippen LogP contribution in [0.4, 0.5) is 0 Å². The first kappa shape index (κ1) is 15.4. The van der Waals surface area contributed by atoms with Crippen LogP contribution in [0, 0.1) is 11.3 Å². The number of hydrogen-bond acceptors (Lipinski definition) is 3. The van der Waals surface area contributed by atoms with Crippen LogP contribution in [0.15, 0.2) is 42.5 Å². The van der Waals surface area contributed by atoms with Crippen LogP contribution in [-0.4, -0.2) is 19.1 Å². The van der Waals surface area contributed by atoms with E-state index in [9.17, 15) is 0 Å². The highest BCUT2D eigenvalue weighted by atomic mass is 35.5. The van der Waals surface area contributed by atoms with Crippen molar-refractivity contribution in [2.75, 3.05) is 14.2 Å². The first-order chi connectivity index (χ1) is 10.1. The fourth-order valence-electron chi connectivity index (χ4n) is 2.17. The van der Waals surface area contributed by atoms with Crippen molar-refractivity contribution in [3.05, 3.63) is 64.2 Å². The van der Waals surface area contributed by atoms with Gasteiger partial charge in [-0.2, -0.15) is 5.26 Å². The van der Waals surface area contributed by atoms with Crippen LogP contribution in [-0.2, 0) is 13.1 Å². The zero-order chi connectivity index (χ0) is 15.2. The molecule has 0 aromatic heterocycles. The van der Waals surface area contributed by atoms with Gasteiger partial charge < -0.3 is 4.74 Å². The predicted molar refractivity (Wildman–Crippen MR) is 84.3 cm³/mol. The molecule has 2 rings (SSSR count). The molecule has 0 fully saturated rings. The minimum atomic E-state index is 0.583. The van der Waals surface area contributed by atoms with Gasteiger partial charge in [-0.1, -0.05) is 29.8 Å². The molecule has 21 heavy (non-hydrogen) atoms. The molecule has 0 unspecified atom stereocenters. The van der Waals surface area contributed by atoms with E-state index in [1.165, 1.54) is 5.56 Å². The van der Waals surface area contributed by atoms with E-state index in [1.807, 2.05) is 31.3 Å². The molecule has 0 aliphatic heterocycles. The molecule has 0 atom stereocenters. The summed E-state index contributed by atoms with van der Waals surface area (Å²) in [5.41, 5.74) is 2.78. The van der Waals surface area contributed by atoms with E-state index in [2.05, 4.69) is 17.0 Å². The molecule has 0 radical (unpaired) electrons. The van der Waals surface area contributed by atoms with Gasteiger partial charge in [-0.25, -0.2) is 0 Å². The third-order valence-electron chi connectivity index (χ3n) is 3.21. The number of hydrogen-bond donors (Lipinski definition) is 0. The Kier molecular flexibility index (Phi) is 5.21. The lowest BCUT2D eigenvalue weighted by Crippen LogP contribution is -2.17. The van der Waals surface area contributed by atoms with Crippen LogP contribution in [0.1, 0.15) is 16.7 Å². The predicted octanol–water partition coefficient (Wildman–Crippen LogP) is 3.85. The Bertz CT molecular complexity index is 664. The summed E-state index contributed by atoms with van der Waals surface area (Å²) in [6.45, 7) is 1.52. The minimum Gasteiger partial charge on any atom is -0.497 e. The van der Waals surface area contributed by atoms with Crippen molar-refractivity contribution in [1.29, 1.82) is 5.26 Å². The van der Waals surface area contributed by atoms with Crippen LogP contribution < -0.4 is 4.74 Å². The molecule has 0 amide bonds. The van der Waals surface area contributed by atoms with Gasteiger partial charge in [0.2, 0.25) is 0 Å². The quantitative estimate of drug-likeness (QED) is 0.841. The molecule has 0 bridgehead atoms. The lowest BCUT2D eigenvalue weighted by molar-refractivity contribution is 0.318. The Balaban J connectivity index is 2.04. The maximum Gasteiger partial charge on any atom is 0.119 e.